The molecule has 3 heterocycles. The minimum atomic E-state index is -1.50. The largest absolute Gasteiger partial charge is 0.504 e. The molecule has 14 nitrogen and oxygen atoms in total. The molecule has 15 heteroatoms. The predicted octanol–water partition coefficient (Wildman–Crippen LogP) is 0.364. The van der Waals surface area contributed by atoms with Crippen LogP contribution in [0.15, 0.2) is 48.0 Å². The SMILES string of the molecule is CC(=Cc1ccc(O[C@@H]2O[C@H](C3(C)C[C@@H](c4cccc(Cl)c4)ON3C)[C@@H](O)[C@@H]2O)c(O)c1)C(=O)N[C@@H]1[C@H](O)[C@@H](O)[C@H]2OCO[C@H]2[C@@H]1O. The third-order valence-corrected chi connectivity index (χ3v) is 9.76. The van der Waals surface area contributed by atoms with Crippen molar-refractivity contribution in [2.75, 3.05) is 13.8 Å². The minimum absolute atomic E-state index is 0.0325. The van der Waals surface area contributed by atoms with Gasteiger partial charge in [-0.25, -0.2) is 0 Å². The second-order valence-electron chi connectivity index (χ2n) is 12.6. The summed E-state index contributed by atoms with van der Waals surface area (Å²) >= 11 is 6.17. The standard InChI is InChI=1S/C32H39ClN2O12/c1-14(30(42)34-21-22(37)24(39)28-27(23(21)38)43-13-44-28)9-15-7-8-19(18(36)10-15)45-31-26(41)25(40)29(46-31)32(2)12-20(47-35(32)3)16-5-4-6-17(33)11-16/h4-11,20-29,31,36-41H,12-13H2,1-3H3,(H,34,42)/t20-,21+,22-,23+,24+,25-,26-,27-,28+,29-,31+,32?/m0/s1. The highest BCUT2D eigenvalue weighted by atomic mass is 35.5. The van der Waals surface area contributed by atoms with Crippen LogP contribution in [0, 0.1) is 0 Å². The number of phenolic OH excluding ortho intramolecular Hbond substituents is 1. The van der Waals surface area contributed by atoms with Crippen LogP contribution < -0.4 is 10.1 Å². The number of aliphatic hydroxyl groups is 5. The molecule has 3 aliphatic heterocycles. The Kier molecular flexibility index (Phi) is 9.56. The summed E-state index contributed by atoms with van der Waals surface area (Å²) in [6.07, 6.45) is -9.49. The van der Waals surface area contributed by atoms with Crippen LogP contribution in [0.25, 0.3) is 6.08 Å². The molecule has 47 heavy (non-hydrogen) atoms. The van der Waals surface area contributed by atoms with E-state index < -0.39 is 72.6 Å². The highest BCUT2D eigenvalue weighted by Gasteiger charge is 2.58. The molecule has 2 aromatic rings. The average Bonchev–Trinajstić information content (AvgIpc) is 3.73. The van der Waals surface area contributed by atoms with E-state index in [1.54, 1.807) is 30.3 Å². The Morgan fingerprint density at radius 3 is 2.45 bits per heavy atom. The number of carbonyl (C=O) groups excluding carboxylic acids is 1. The Morgan fingerprint density at radius 2 is 1.74 bits per heavy atom. The van der Waals surface area contributed by atoms with Crippen LogP contribution in [0.5, 0.6) is 11.5 Å². The van der Waals surface area contributed by atoms with E-state index in [0.29, 0.717) is 17.0 Å². The van der Waals surface area contributed by atoms with Gasteiger partial charge in [-0.15, -0.1) is 0 Å². The lowest BCUT2D eigenvalue weighted by Gasteiger charge is -2.41. The number of likely N-dealkylation sites (N-methyl/N-ethyl adjacent to an activating group) is 1. The molecule has 4 fully saturated rings. The lowest BCUT2D eigenvalue weighted by molar-refractivity contribution is -0.209. The van der Waals surface area contributed by atoms with Crippen molar-refractivity contribution in [1.82, 2.24) is 10.4 Å². The van der Waals surface area contributed by atoms with E-state index in [0.717, 1.165) is 5.56 Å². The monoisotopic (exact) mass is 678 g/mol. The first-order valence-corrected chi connectivity index (χ1v) is 15.6. The summed E-state index contributed by atoms with van der Waals surface area (Å²) in [6, 6.07) is 10.4. The first-order valence-electron chi connectivity index (χ1n) is 15.2. The molecule has 1 amide bonds. The van der Waals surface area contributed by atoms with Crippen LogP contribution >= 0.6 is 11.6 Å². The topological polar surface area (TPSA) is 200 Å². The number of rotatable bonds is 7. The smallest absolute Gasteiger partial charge is 0.247 e. The summed E-state index contributed by atoms with van der Waals surface area (Å²) in [5.41, 5.74) is 0.581. The number of hydroxylamine groups is 2. The van der Waals surface area contributed by atoms with Gasteiger partial charge in [0, 0.05) is 24.1 Å². The maximum absolute atomic E-state index is 12.9. The summed E-state index contributed by atoms with van der Waals surface area (Å²) in [7, 11) is 1.72. The minimum Gasteiger partial charge on any atom is -0.504 e. The average molecular weight is 679 g/mol. The lowest BCUT2D eigenvalue weighted by atomic mass is 9.83. The first-order chi connectivity index (χ1) is 22.3. The Hall–Kier alpha value is -2.86. The molecule has 6 rings (SSSR count). The second kappa shape index (κ2) is 13.2. The highest BCUT2D eigenvalue weighted by Crippen LogP contribution is 2.46. The number of nitrogens with one attached hydrogen (secondary N) is 1. The Balaban J connectivity index is 1.10. The molecule has 12 atom stereocenters. The quantitative estimate of drug-likeness (QED) is 0.198. The van der Waals surface area contributed by atoms with Crippen molar-refractivity contribution in [1.29, 1.82) is 0 Å². The fraction of sp³-hybridized carbons (Fsp3) is 0.531. The fourth-order valence-corrected chi connectivity index (χ4v) is 6.88. The maximum Gasteiger partial charge on any atom is 0.247 e. The summed E-state index contributed by atoms with van der Waals surface area (Å²) in [5.74, 6) is -0.984. The number of carbonyl (C=O) groups is 1. The molecule has 2 aromatic carbocycles. The van der Waals surface area contributed by atoms with Gasteiger partial charge < -0.3 is 54.9 Å². The molecular formula is C32H39ClN2O12. The van der Waals surface area contributed by atoms with Gasteiger partial charge in [-0.05, 0) is 55.3 Å². The van der Waals surface area contributed by atoms with Crippen molar-refractivity contribution in [3.05, 3.63) is 64.2 Å². The number of aromatic hydroxyl groups is 1. The van der Waals surface area contributed by atoms with Crippen molar-refractivity contribution in [2.45, 2.75) is 93.1 Å². The van der Waals surface area contributed by atoms with Gasteiger partial charge in [-0.1, -0.05) is 29.8 Å². The Morgan fingerprint density at radius 1 is 1.02 bits per heavy atom. The summed E-state index contributed by atoms with van der Waals surface area (Å²) in [5, 5.41) is 68.8. The van der Waals surface area contributed by atoms with Gasteiger partial charge in [0.25, 0.3) is 0 Å². The number of hydrogen-bond acceptors (Lipinski definition) is 13. The van der Waals surface area contributed by atoms with Crippen molar-refractivity contribution in [3.8, 4) is 11.5 Å². The number of ether oxygens (including phenoxy) is 4. The van der Waals surface area contributed by atoms with Gasteiger partial charge in [0.2, 0.25) is 12.2 Å². The van der Waals surface area contributed by atoms with E-state index in [1.165, 1.54) is 25.1 Å². The number of phenols is 1. The zero-order valence-electron chi connectivity index (χ0n) is 25.8. The number of amides is 1. The zero-order chi connectivity index (χ0) is 33.8. The molecule has 0 spiro atoms. The predicted molar refractivity (Wildman–Crippen MR) is 164 cm³/mol. The molecule has 1 saturated carbocycles. The third-order valence-electron chi connectivity index (χ3n) is 9.53. The van der Waals surface area contributed by atoms with Crippen molar-refractivity contribution < 1.29 is 59.2 Å². The number of benzene rings is 2. The van der Waals surface area contributed by atoms with Crippen LogP contribution in [0.1, 0.15) is 37.5 Å². The second-order valence-corrected chi connectivity index (χ2v) is 13.1. The first kappa shape index (κ1) is 34.0. The zero-order valence-corrected chi connectivity index (χ0v) is 26.6. The molecule has 0 radical (unpaired) electrons. The molecule has 0 aromatic heterocycles. The fourth-order valence-electron chi connectivity index (χ4n) is 6.68. The highest BCUT2D eigenvalue weighted by molar-refractivity contribution is 6.30. The molecule has 1 unspecified atom stereocenters. The van der Waals surface area contributed by atoms with Crippen molar-refractivity contribution >= 4 is 23.6 Å². The molecule has 3 saturated heterocycles. The van der Waals surface area contributed by atoms with Crippen LogP contribution in [0.2, 0.25) is 5.02 Å². The Labute approximate surface area is 275 Å². The van der Waals surface area contributed by atoms with Crippen LogP contribution in [-0.4, -0.2) is 122 Å². The number of aliphatic hydroxyl groups excluding tert-OH is 5. The van der Waals surface area contributed by atoms with Gasteiger partial charge >= 0.3 is 0 Å². The van der Waals surface area contributed by atoms with Gasteiger partial charge in [0.15, 0.2) is 11.5 Å². The number of halogens is 1. The van der Waals surface area contributed by atoms with E-state index >= 15 is 0 Å². The Bertz CT molecular complexity index is 1510. The van der Waals surface area contributed by atoms with Gasteiger partial charge in [-0.2, -0.15) is 5.06 Å². The van der Waals surface area contributed by atoms with Gasteiger partial charge in [0.05, 0.1) is 11.6 Å². The van der Waals surface area contributed by atoms with Crippen LogP contribution in [0.4, 0.5) is 0 Å². The van der Waals surface area contributed by atoms with E-state index in [-0.39, 0.29) is 30.0 Å². The molecule has 256 valence electrons. The van der Waals surface area contributed by atoms with E-state index in [1.807, 2.05) is 19.1 Å². The summed E-state index contributed by atoms with van der Waals surface area (Å²) in [6.45, 7) is 3.20. The number of hydrogen-bond donors (Lipinski definition) is 7. The molecule has 4 aliphatic rings. The number of fused-ring (bicyclic) bond motifs is 1. The van der Waals surface area contributed by atoms with E-state index in [4.69, 9.17) is 35.4 Å². The van der Waals surface area contributed by atoms with Crippen LogP contribution in [0.3, 0.4) is 0 Å². The third kappa shape index (κ3) is 6.36. The van der Waals surface area contributed by atoms with Crippen molar-refractivity contribution in [3.63, 3.8) is 0 Å². The lowest BCUT2D eigenvalue weighted by Crippen LogP contribution is -2.67. The number of nitrogens with zero attached hydrogens (tertiary/aromatic N) is 1. The molecule has 0 bridgehead atoms. The summed E-state index contributed by atoms with van der Waals surface area (Å²) < 4.78 is 22.4. The summed E-state index contributed by atoms with van der Waals surface area (Å²) in [4.78, 5) is 19.0. The van der Waals surface area contributed by atoms with E-state index in [2.05, 4.69) is 5.32 Å². The normalized spacial score (nSPS) is 39.2. The van der Waals surface area contributed by atoms with Crippen LogP contribution in [-0.2, 0) is 23.8 Å². The van der Waals surface area contributed by atoms with Gasteiger partial charge in [-0.3, -0.25) is 9.63 Å². The maximum atomic E-state index is 12.9. The van der Waals surface area contributed by atoms with Gasteiger partial charge in [0.1, 0.15) is 61.7 Å². The molecular weight excluding hydrogens is 640 g/mol. The van der Waals surface area contributed by atoms with E-state index in [9.17, 15) is 35.4 Å². The molecule has 7 N–H and O–H groups in total. The molecule has 1 aliphatic carbocycles. The van der Waals surface area contributed by atoms with Crippen molar-refractivity contribution in [2.24, 2.45) is 0 Å².